The number of thiazole rings is 1. The van der Waals surface area contributed by atoms with E-state index in [0.29, 0.717) is 79.3 Å². The van der Waals surface area contributed by atoms with E-state index in [9.17, 15) is 22.8 Å². The standard InChI is InChI=1S/C44H52FN11O5S2/c1-5-21-63(60,61)53-33-8-6-7-32(37(33)45)38-39(62-42(52-38)44(2,3)4)34-13-17-46-43(50-34)49-30-23-48-56(26-30)24-27-14-18-54(19-15-27)41(59)29-16-20-55(25-29)35-11-9-28(22-47-35)31-10-12-36(57)51-40(31)58/h6-9,11,13,17,22-23,26-27,29,31,53H,5,10,12,14-16,18-21,24-25H2,1-4H3,(H,46,49,50)(H,51,57,58)/t29-,31+/m1/s1. The molecule has 8 rings (SSSR count). The van der Waals surface area contributed by atoms with Gasteiger partial charge >= 0.3 is 0 Å². The zero-order valence-corrected chi connectivity index (χ0v) is 37.4. The highest BCUT2D eigenvalue weighted by Gasteiger charge is 2.35. The maximum Gasteiger partial charge on any atom is 0.234 e. The highest BCUT2D eigenvalue weighted by Crippen LogP contribution is 2.42. The third kappa shape index (κ3) is 10.0. The van der Waals surface area contributed by atoms with Gasteiger partial charge in [-0.25, -0.2) is 32.7 Å². The smallest absolute Gasteiger partial charge is 0.234 e. The van der Waals surface area contributed by atoms with Crippen molar-refractivity contribution in [3.8, 4) is 21.8 Å². The van der Waals surface area contributed by atoms with E-state index in [-0.39, 0.29) is 52.0 Å². The van der Waals surface area contributed by atoms with Gasteiger partial charge in [-0.1, -0.05) is 39.8 Å². The number of carbonyl (C=O) groups excluding carboxylic acids is 3. The Balaban J connectivity index is 0.866. The summed E-state index contributed by atoms with van der Waals surface area (Å²) in [6, 6.07) is 10.1. The quantitative estimate of drug-likeness (QED) is 0.109. The fraction of sp³-hybridized carbons (Fsp3) is 0.455. The van der Waals surface area contributed by atoms with Crippen LogP contribution in [-0.2, 0) is 36.4 Å². The van der Waals surface area contributed by atoms with E-state index in [1.807, 2.05) is 48.7 Å². The number of carbonyl (C=O) groups is 3. The number of hydrogen-bond acceptors (Lipinski definition) is 13. The van der Waals surface area contributed by atoms with Crippen molar-refractivity contribution in [2.24, 2.45) is 11.8 Å². The van der Waals surface area contributed by atoms with Crippen LogP contribution in [0.2, 0.25) is 0 Å². The van der Waals surface area contributed by atoms with Gasteiger partial charge in [0, 0.05) is 68.7 Å². The second-order valence-corrected chi connectivity index (χ2v) is 20.4. The van der Waals surface area contributed by atoms with E-state index in [1.165, 1.54) is 17.4 Å². The number of nitrogens with one attached hydrogen (secondary N) is 3. The molecule has 3 aliphatic heterocycles. The summed E-state index contributed by atoms with van der Waals surface area (Å²) in [5.41, 5.74) is 2.05. The Bertz CT molecular complexity index is 2600. The summed E-state index contributed by atoms with van der Waals surface area (Å²) in [6.45, 7) is 11.2. The van der Waals surface area contributed by atoms with Crippen molar-refractivity contribution in [3.05, 3.63) is 77.6 Å². The van der Waals surface area contributed by atoms with Crippen LogP contribution in [0.5, 0.6) is 0 Å². The van der Waals surface area contributed by atoms with Crippen LogP contribution in [0.1, 0.15) is 82.7 Å². The minimum Gasteiger partial charge on any atom is -0.356 e. The van der Waals surface area contributed by atoms with Gasteiger partial charge in [0.05, 0.1) is 56.4 Å². The van der Waals surface area contributed by atoms with Crippen LogP contribution in [0.15, 0.2) is 61.2 Å². The fourth-order valence-electron chi connectivity index (χ4n) is 8.31. The van der Waals surface area contributed by atoms with E-state index in [0.717, 1.165) is 42.2 Å². The average Bonchev–Trinajstić information content (AvgIpc) is 4.03. The summed E-state index contributed by atoms with van der Waals surface area (Å²) in [5.74, 6) is -0.222. The molecule has 4 aromatic heterocycles. The third-order valence-electron chi connectivity index (χ3n) is 11.7. The van der Waals surface area contributed by atoms with Crippen LogP contribution >= 0.6 is 11.3 Å². The average molecular weight is 898 g/mol. The first-order valence-electron chi connectivity index (χ1n) is 21.4. The molecule has 0 aliphatic carbocycles. The molecule has 3 amide bonds. The summed E-state index contributed by atoms with van der Waals surface area (Å²) in [4.78, 5) is 60.9. The number of aromatic nitrogens is 6. The summed E-state index contributed by atoms with van der Waals surface area (Å²) in [5, 5.41) is 11.0. The van der Waals surface area contributed by atoms with Crippen molar-refractivity contribution in [3.63, 3.8) is 0 Å². The molecule has 332 valence electrons. The molecule has 0 radical (unpaired) electrons. The molecule has 3 saturated heterocycles. The molecular weight excluding hydrogens is 846 g/mol. The molecule has 5 aromatic rings. The molecule has 3 aliphatic rings. The second kappa shape index (κ2) is 18.1. The molecule has 16 nitrogen and oxygen atoms in total. The lowest BCUT2D eigenvalue weighted by Gasteiger charge is -2.33. The minimum atomic E-state index is -3.72. The van der Waals surface area contributed by atoms with Gasteiger partial charge in [0.1, 0.15) is 5.82 Å². The highest BCUT2D eigenvalue weighted by atomic mass is 32.2. The Morgan fingerprint density at radius 3 is 2.54 bits per heavy atom. The summed E-state index contributed by atoms with van der Waals surface area (Å²) < 4.78 is 45.4. The van der Waals surface area contributed by atoms with Crippen molar-refractivity contribution in [1.29, 1.82) is 0 Å². The van der Waals surface area contributed by atoms with Gasteiger partial charge in [-0.2, -0.15) is 5.10 Å². The van der Waals surface area contributed by atoms with Gasteiger partial charge in [0.2, 0.25) is 33.7 Å². The summed E-state index contributed by atoms with van der Waals surface area (Å²) in [6.07, 6.45) is 10.6. The first-order chi connectivity index (χ1) is 30.1. The maximum absolute atomic E-state index is 16.1. The molecule has 63 heavy (non-hydrogen) atoms. The number of rotatable bonds is 13. The molecule has 0 saturated carbocycles. The first-order valence-corrected chi connectivity index (χ1v) is 23.9. The molecule has 19 heteroatoms. The first kappa shape index (κ1) is 43.8. The SMILES string of the molecule is CCCS(=O)(=O)Nc1cccc(-c2nc(C(C)(C)C)sc2-c2ccnc(Nc3cnn(CC4CCN(C(=O)[C@@H]5CCN(c6ccc([C@@H]7CCC(=O)NC7=O)cn6)C5)CC4)c3)n2)c1F. The lowest BCUT2D eigenvalue weighted by atomic mass is 9.92. The van der Waals surface area contributed by atoms with E-state index < -0.39 is 15.8 Å². The minimum absolute atomic E-state index is 0.104. The number of piperidine rings is 2. The molecule has 3 fully saturated rings. The monoisotopic (exact) mass is 897 g/mol. The van der Waals surface area contributed by atoms with Crippen LogP contribution in [0.25, 0.3) is 21.8 Å². The molecular formula is C44H52FN11O5S2. The Kier molecular flexibility index (Phi) is 12.6. The summed E-state index contributed by atoms with van der Waals surface area (Å²) >= 11 is 1.40. The van der Waals surface area contributed by atoms with E-state index in [2.05, 4.69) is 35.3 Å². The predicted molar refractivity (Wildman–Crippen MR) is 239 cm³/mol. The predicted octanol–water partition coefficient (Wildman–Crippen LogP) is 6.48. The number of likely N-dealkylation sites (tertiary alicyclic amines) is 1. The number of anilines is 4. The molecule has 3 N–H and O–H groups in total. The molecule has 7 heterocycles. The molecule has 0 bridgehead atoms. The zero-order chi connectivity index (χ0) is 44.5. The number of benzene rings is 1. The summed E-state index contributed by atoms with van der Waals surface area (Å²) in [7, 11) is -3.72. The molecule has 0 unspecified atom stereocenters. The van der Waals surface area contributed by atoms with E-state index >= 15 is 4.39 Å². The second-order valence-electron chi connectivity index (χ2n) is 17.5. The van der Waals surface area contributed by atoms with Gasteiger partial charge in [-0.15, -0.1) is 11.3 Å². The number of nitrogens with zero attached hydrogens (tertiary/aromatic N) is 8. The van der Waals surface area contributed by atoms with Crippen LogP contribution < -0.4 is 20.3 Å². The topological polar surface area (TPSA) is 197 Å². The van der Waals surface area contributed by atoms with Crippen LogP contribution in [0, 0.1) is 17.7 Å². The van der Waals surface area contributed by atoms with Crippen molar-refractivity contribution in [1.82, 2.24) is 39.9 Å². The number of hydrogen-bond donors (Lipinski definition) is 3. The number of amides is 3. The van der Waals surface area contributed by atoms with Gasteiger partial charge in [-0.3, -0.25) is 29.1 Å². The Labute approximate surface area is 370 Å². The van der Waals surface area contributed by atoms with Gasteiger partial charge in [0.25, 0.3) is 0 Å². The number of sulfonamides is 1. The van der Waals surface area contributed by atoms with E-state index in [4.69, 9.17) is 9.97 Å². The highest BCUT2D eigenvalue weighted by molar-refractivity contribution is 7.92. The van der Waals surface area contributed by atoms with Crippen molar-refractivity contribution >= 4 is 62.2 Å². The van der Waals surface area contributed by atoms with Crippen molar-refractivity contribution < 1.29 is 27.2 Å². The zero-order valence-electron chi connectivity index (χ0n) is 35.8. The van der Waals surface area contributed by atoms with E-state index in [1.54, 1.807) is 43.7 Å². The third-order valence-corrected chi connectivity index (χ3v) is 14.7. The normalized spacial score (nSPS) is 18.7. The Morgan fingerprint density at radius 2 is 1.81 bits per heavy atom. The van der Waals surface area contributed by atoms with Crippen LogP contribution in [-0.4, -0.2) is 92.7 Å². The van der Waals surface area contributed by atoms with Crippen LogP contribution in [0.4, 0.5) is 27.5 Å². The van der Waals surface area contributed by atoms with Crippen molar-refractivity contribution in [2.45, 2.75) is 84.1 Å². The number of imide groups is 1. The number of halogens is 1. The largest absolute Gasteiger partial charge is 0.356 e. The van der Waals surface area contributed by atoms with Gasteiger partial charge < -0.3 is 15.1 Å². The molecule has 0 spiro atoms. The van der Waals surface area contributed by atoms with Crippen molar-refractivity contribution in [2.75, 3.05) is 46.9 Å². The van der Waals surface area contributed by atoms with Crippen LogP contribution in [0.3, 0.4) is 0 Å². The van der Waals surface area contributed by atoms with Gasteiger partial charge in [-0.05, 0) is 67.9 Å². The lowest BCUT2D eigenvalue weighted by Crippen LogP contribution is -2.43. The molecule has 2 atom stereocenters. The Morgan fingerprint density at radius 1 is 1.00 bits per heavy atom. The molecule has 1 aromatic carbocycles. The maximum atomic E-state index is 16.1. The Hall–Kier alpha value is -5.82. The number of pyridine rings is 1. The lowest BCUT2D eigenvalue weighted by molar-refractivity contribution is -0.136. The fourth-order valence-corrected chi connectivity index (χ4v) is 10.6. The van der Waals surface area contributed by atoms with Gasteiger partial charge in [0.15, 0.2) is 5.82 Å².